The van der Waals surface area contributed by atoms with Crippen molar-refractivity contribution in [3.8, 4) is 10.6 Å². The second-order valence-electron chi connectivity index (χ2n) is 6.14. The van der Waals surface area contributed by atoms with Crippen LogP contribution in [0, 0.1) is 17.5 Å². The van der Waals surface area contributed by atoms with Crippen LogP contribution in [0.25, 0.3) is 31.7 Å². The average molecular weight is 425 g/mol. The van der Waals surface area contributed by atoms with Gasteiger partial charge in [-0.1, -0.05) is 30.7 Å². The number of para-hydroxylation sites is 1. The number of thiazole rings is 1. The van der Waals surface area contributed by atoms with Gasteiger partial charge in [0.05, 0.1) is 15.2 Å². The molecule has 0 amide bonds. The number of carboxylic acid groups (broad SMARTS) is 1. The fourth-order valence-corrected chi connectivity index (χ4v) is 4.75. The number of nitrogens with zero attached hydrogens (tertiary/aromatic N) is 2. The van der Waals surface area contributed by atoms with Gasteiger partial charge in [0, 0.05) is 22.7 Å². The zero-order valence-corrected chi connectivity index (χ0v) is 16.0. The molecule has 0 fully saturated rings. The van der Waals surface area contributed by atoms with E-state index in [-0.39, 0.29) is 21.8 Å². The molecule has 2 heterocycles. The zero-order chi connectivity index (χ0) is 20.2. The second-order valence-corrected chi connectivity index (χ2v) is 7.55. The number of fused-ring (bicyclic) bond motifs is 2. The minimum atomic E-state index is -1.31. The predicted octanol–water partition coefficient (Wildman–Crippen LogP) is 5.64. The Bertz CT molecular complexity index is 1270. The van der Waals surface area contributed by atoms with E-state index in [4.69, 9.17) is 11.6 Å². The van der Waals surface area contributed by atoms with Gasteiger partial charge in [-0.25, -0.2) is 18.2 Å². The largest absolute Gasteiger partial charge is 0.480 e. The van der Waals surface area contributed by atoms with Gasteiger partial charge in [0.25, 0.3) is 0 Å². The highest BCUT2D eigenvalue weighted by atomic mass is 35.5. The molecule has 0 saturated heterocycles. The molecule has 0 spiro atoms. The smallest absolute Gasteiger partial charge is 0.323 e. The number of aromatic nitrogens is 2. The van der Waals surface area contributed by atoms with Gasteiger partial charge < -0.3 is 9.67 Å². The van der Waals surface area contributed by atoms with E-state index in [9.17, 15) is 23.1 Å². The fraction of sp³-hybridized carbons (Fsp3) is 0.158. The van der Waals surface area contributed by atoms with Crippen molar-refractivity contribution in [3.05, 3.63) is 52.4 Å². The number of hydrogen-bond acceptors (Lipinski definition) is 3. The maximum atomic E-state index is 14.2. The van der Waals surface area contributed by atoms with E-state index < -0.39 is 23.4 Å². The number of carbonyl (C=O) groups is 1. The van der Waals surface area contributed by atoms with E-state index in [0.717, 1.165) is 11.3 Å². The van der Waals surface area contributed by atoms with Gasteiger partial charge in [-0.15, -0.1) is 11.3 Å². The maximum absolute atomic E-state index is 14.2. The number of rotatable bonds is 4. The molecule has 1 N–H and O–H groups in total. The quantitative estimate of drug-likeness (QED) is 0.431. The number of carboxylic acids is 1. The van der Waals surface area contributed by atoms with Crippen molar-refractivity contribution >= 4 is 50.0 Å². The molecule has 4 rings (SSSR count). The van der Waals surface area contributed by atoms with Crippen molar-refractivity contribution in [2.75, 3.05) is 0 Å². The molecule has 0 atom stereocenters. The molecule has 4 nitrogen and oxygen atoms in total. The Hall–Kier alpha value is -2.58. The summed E-state index contributed by atoms with van der Waals surface area (Å²) in [6.45, 7) is 1.50. The van der Waals surface area contributed by atoms with Gasteiger partial charge in [0.2, 0.25) is 0 Å². The molecular weight excluding hydrogens is 413 g/mol. The molecule has 0 bridgehead atoms. The number of benzene rings is 2. The van der Waals surface area contributed by atoms with Crippen molar-refractivity contribution in [1.29, 1.82) is 0 Å². The number of aliphatic carboxylic acids is 1. The van der Waals surface area contributed by atoms with E-state index >= 15 is 0 Å². The summed E-state index contributed by atoms with van der Waals surface area (Å²) in [4.78, 5) is 15.5. The predicted molar refractivity (Wildman–Crippen MR) is 102 cm³/mol. The molecule has 4 aromatic rings. The Balaban J connectivity index is 2.11. The van der Waals surface area contributed by atoms with Crippen molar-refractivity contribution in [2.45, 2.75) is 19.9 Å². The standard InChI is InChI=1S/C19H12ClF3N2O2S/c1-2-12-14(8-4-3-5-9(20)17(8)25(12)7-13(26)27)19-24-16-15(23)10(21)6-11(22)18(16)28-19/h3-6H,2,7H2,1H3,(H,26,27). The topological polar surface area (TPSA) is 55.1 Å². The first-order valence-electron chi connectivity index (χ1n) is 8.29. The highest BCUT2D eigenvalue weighted by Crippen LogP contribution is 2.42. The van der Waals surface area contributed by atoms with E-state index in [1.54, 1.807) is 22.8 Å². The average Bonchev–Trinajstić information content (AvgIpc) is 3.20. The molecule has 2 aromatic heterocycles. The first-order valence-corrected chi connectivity index (χ1v) is 9.48. The Kier molecular flexibility index (Phi) is 4.55. The summed E-state index contributed by atoms with van der Waals surface area (Å²) in [5, 5.41) is 10.6. The summed E-state index contributed by atoms with van der Waals surface area (Å²) >= 11 is 7.21. The highest BCUT2D eigenvalue weighted by molar-refractivity contribution is 7.21. The SMILES string of the molecule is CCc1c(-c2nc3c(F)c(F)cc(F)c3s2)c2cccc(Cl)c2n1CC(=O)O. The normalized spacial score (nSPS) is 11.6. The summed E-state index contributed by atoms with van der Waals surface area (Å²) in [6.07, 6.45) is 0.433. The van der Waals surface area contributed by atoms with Gasteiger partial charge in [0.15, 0.2) is 11.6 Å². The van der Waals surface area contributed by atoms with Crippen LogP contribution in [-0.2, 0) is 17.8 Å². The maximum Gasteiger partial charge on any atom is 0.323 e. The third-order valence-electron chi connectivity index (χ3n) is 4.50. The Morgan fingerprint density at radius 3 is 2.71 bits per heavy atom. The third-order valence-corrected chi connectivity index (χ3v) is 5.88. The lowest BCUT2D eigenvalue weighted by Gasteiger charge is -2.08. The van der Waals surface area contributed by atoms with Crippen LogP contribution in [-0.4, -0.2) is 20.6 Å². The molecular formula is C19H12ClF3N2O2S. The molecule has 9 heteroatoms. The van der Waals surface area contributed by atoms with Crippen molar-refractivity contribution in [1.82, 2.24) is 9.55 Å². The van der Waals surface area contributed by atoms with Gasteiger partial charge in [0.1, 0.15) is 22.9 Å². The number of hydrogen-bond donors (Lipinski definition) is 1. The van der Waals surface area contributed by atoms with Crippen LogP contribution >= 0.6 is 22.9 Å². The van der Waals surface area contributed by atoms with Crippen molar-refractivity contribution < 1.29 is 23.1 Å². The lowest BCUT2D eigenvalue weighted by atomic mass is 10.1. The summed E-state index contributed by atoms with van der Waals surface area (Å²) in [5.41, 5.74) is 1.28. The third kappa shape index (κ3) is 2.75. The second kappa shape index (κ2) is 6.79. The molecule has 144 valence electrons. The fourth-order valence-electron chi connectivity index (χ4n) is 3.42. The lowest BCUT2D eigenvalue weighted by molar-refractivity contribution is -0.137. The van der Waals surface area contributed by atoms with Crippen LogP contribution in [0.1, 0.15) is 12.6 Å². The van der Waals surface area contributed by atoms with E-state index in [0.29, 0.717) is 39.7 Å². The molecule has 0 saturated carbocycles. The molecule has 2 aromatic carbocycles. The Morgan fingerprint density at radius 1 is 1.29 bits per heavy atom. The van der Waals surface area contributed by atoms with E-state index in [1.165, 1.54) is 0 Å². The van der Waals surface area contributed by atoms with Gasteiger partial charge >= 0.3 is 5.97 Å². The molecule has 0 radical (unpaired) electrons. The summed E-state index contributed by atoms with van der Waals surface area (Å²) in [5.74, 6) is -4.48. The first-order chi connectivity index (χ1) is 13.3. The van der Waals surface area contributed by atoms with Gasteiger partial charge in [-0.2, -0.15) is 0 Å². The Morgan fingerprint density at radius 2 is 2.04 bits per heavy atom. The molecule has 0 aliphatic rings. The summed E-state index contributed by atoms with van der Waals surface area (Å²) < 4.78 is 43.3. The van der Waals surface area contributed by atoms with Crippen LogP contribution in [0.4, 0.5) is 13.2 Å². The van der Waals surface area contributed by atoms with Gasteiger partial charge in [-0.3, -0.25) is 4.79 Å². The van der Waals surface area contributed by atoms with Crippen LogP contribution in [0.5, 0.6) is 0 Å². The molecule has 0 aliphatic carbocycles. The van der Waals surface area contributed by atoms with Crippen LogP contribution in [0.15, 0.2) is 24.3 Å². The van der Waals surface area contributed by atoms with Crippen LogP contribution in [0.3, 0.4) is 0 Å². The molecule has 0 aliphatic heterocycles. The van der Waals surface area contributed by atoms with Crippen LogP contribution in [0.2, 0.25) is 5.02 Å². The first kappa shape index (κ1) is 18.8. The van der Waals surface area contributed by atoms with E-state index in [2.05, 4.69) is 4.98 Å². The lowest BCUT2D eigenvalue weighted by Crippen LogP contribution is -2.11. The minimum Gasteiger partial charge on any atom is -0.480 e. The Labute approximate surface area is 165 Å². The summed E-state index contributed by atoms with van der Waals surface area (Å²) in [6, 6.07) is 5.57. The minimum absolute atomic E-state index is 0.0999. The molecule has 0 unspecified atom stereocenters. The van der Waals surface area contributed by atoms with Crippen LogP contribution < -0.4 is 0 Å². The molecule has 28 heavy (non-hydrogen) atoms. The van der Waals surface area contributed by atoms with Crippen molar-refractivity contribution in [2.24, 2.45) is 0 Å². The number of halogens is 4. The van der Waals surface area contributed by atoms with Crippen molar-refractivity contribution in [3.63, 3.8) is 0 Å². The van der Waals surface area contributed by atoms with E-state index in [1.807, 2.05) is 6.92 Å². The monoisotopic (exact) mass is 424 g/mol. The van der Waals surface area contributed by atoms with Gasteiger partial charge in [-0.05, 0) is 12.5 Å². The highest BCUT2D eigenvalue weighted by Gasteiger charge is 2.25. The summed E-state index contributed by atoms with van der Waals surface area (Å²) in [7, 11) is 0. The zero-order valence-electron chi connectivity index (χ0n) is 14.4.